The fourth-order valence-electron chi connectivity index (χ4n) is 8.84. The molecular weight excluding hydrogens is 404 g/mol. The summed E-state index contributed by atoms with van der Waals surface area (Å²) in [6.45, 7) is 19.5. The van der Waals surface area contributed by atoms with Gasteiger partial charge in [-0.1, -0.05) is 43.6 Å². The van der Waals surface area contributed by atoms with Gasteiger partial charge in [-0.15, -0.1) is 0 Å². The minimum atomic E-state index is -1.44. The Bertz CT molecular complexity index is 753. The maximum atomic E-state index is 6.60. The van der Waals surface area contributed by atoms with Crippen molar-refractivity contribution in [1.29, 1.82) is 0 Å². The summed E-state index contributed by atoms with van der Waals surface area (Å²) >= 11 is 0. The Kier molecular flexibility index (Phi) is 6.99. The smallest absolute Gasteiger partial charge is 0.184 e. The second-order valence-corrected chi connectivity index (χ2v) is 18.3. The Hall–Kier alpha value is -0.343. The monoisotopic (exact) mass is 456 g/mol. The van der Waals surface area contributed by atoms with E-state index in [9.17, 15) is 0 Å². The molecule has 0 unspecified atom stereocenters. The highest BCUT2D eigenvalue weighted by atomic mass is 28.4. The first kappa shape index (κ1) is 24.8. The lowest BCUT2D eigenvalue weighted by atomic mass is 9.50. The van der Waals surface area contributed by atoms with E-state index in [0.29, 0.717) is 16.9 Å². The van der Waals surface area contributed by atoms with Gasteiger partial charge >= 0.3 is 0 Å². The molecule has 0 aliphatic heterocycles. The maximum Gasteiger partial charge on any atom is 0.184 e. The second-order valence-electron chi connectivity index (χ2n) is 13.9. The molecule has 0 bridgehead atoms. The molecule has 7 atom stereocenters. The molecule has 2 heteroatoms. The van der Waals surface area contributed by atoms with Crippen LogP contribution in [0.1, 0.15) is 105 Å². The van der Waals surface area contributed by atoms with E-state index in [1.54, 1.807) is 0 Å². The van der Waals surface area contributed by atoms with Crippen molar-refractivity contribution in [3.8, 4) is 0 Å². The van der Waals surface area contributed by atoms with Crippen LogP contribution in [0.3, 0.4) is 0 Å². The van der Waals surface area contributed by atoms with E-state index in [1.165, 1.54) is 76.2 Å². The van der Waals surface area contributed by atoms with Gasteiger partial charge in [0, 0.05) is 6.10 Å². The first-order chi connectivity index (χ1) is 14.9. The molecule has 0 N–H and O–H groups in total. The molecule has 4 aliphatic rings. The molecule has 0 aromatic rings. The number of allylic oxidation sites excluding steroid dienone is 4. The summed E-state index contributed by atoms with van der Waals surface area (Å²) < 4.78 is 6.60. The highest BCUT2D eigenvalue weighted by Crippen LogP contribution is 2.66. The molecule has 0 saturated heterocycles. The minimum absolute atomic E-state index is 0.474. The number of hydrogen-bond acceptors (Lipinski definition) is 1. The van der Waals surface area contributed by atoms with Crippen molar-refractivity contribution in [3.05, 3.63) is 22.8 Å². The molecule has 0 heterocycles. The van der Waals surface area contributed by atoms with Crippen molar-refractivity contribution in [2.45, 2.75) is 131 Å². The van der Waals surface area contributed by atoms with Crippen molar-refractivity contribution < 1.29 is 4.43 Å². The van der Waals surface area contributed by atoms with E-state index in [-0.39, 0.29) is 0 Å². The lowest BCUT2D eigenvalue weighted by Crippen LogP contribution is -2.47. The molecule has 4 aliphatic carbocycles. The van der Waals surface area contributed by atoms with Gasteiger partial charge in [0.05, 0.1) is 0 Å². The van der Waals surface area contributed by atoms with Crippen molar-refractivity contribution in [2.24, 2.45) is 34.5 Å². The summed E-state index contributed by atoms with van der Waals surface area (Å²) in [4.78, 5) is 0. The zero-order valence-corrected chi connectivity index (χ0v) is 23.7. The number of rotatable bonds is 6. The molecule has 182 valence electrons. The first-order valence-corrected chi connectivity index (χ1v) is 17.4. The van der Waals surface area contributed by atoms with Gasteiger partial charge in [-0.3, -0.25) is 0 Å². The molecule has 0 aromatic heterocycles. The standard InChI is InChI=1S/C30H52OSi/c1-21(2)10-9-11-22(3)26-14-15-27-25-13-12-23-20-24(31-32(6,7)8)16-18-29(23,4)28(25)17-19-30(26,27)5/h10,22-24,26-27H,9,11-20H2,1-8H3/t22-,23+,24+,26-,27+,29+,30-/m1/s1. The van der Waals surface area contributed by atoms with E-state index < -0.39 is 8.32 Å². The predicted molar refractivity (Wildman–Crippen MR) is 141 cm³/mol. The highest BCUT2D eigenvalue weighted by Gasteiger charge is 2.56. The van der Waals surface area contributed by atoms with Gasteiger partial charge in [-0.05, 0) is 139 Å². The second kappa shape index (κ2) is 9.03. The van der Waals surface area contributed by atoms with Gasteiger partial charge in [-0.2, -0.15) is 0 Å². The summed E-state index contributed by atoms with van der Waals surface area (Å²) in [5, 5.41) is 0. The zero-order chi connectivity index (χ0) is 23.3. The van der Waals surface area contributed by atoms with Crippen LogP contribution in [-0.2, 0) is 4.43 Å². The average Bonchev–Trinajstić information content (AvgIpc) is 3.04. The molecule has 2 fully saturated rings. The number of hydrogen-bond donors (Lipinski definition) is 0. The molecular formula is C30H52OSi. The maximum absolute atomic E-state index is 6.60. The van der Waals surface area contributed by atoms with Gasteiger partial charge in [0.15, 0.2) is 8.32 Å². The van der Waals surface area contributed by atoms with Crippen LogP contribution >= 0.6 is 0 Å². The Morgan fingerprint density at radius 3 is 2.50 bits per heavy atom. The van der Waals surface area contributed by atoms with Crippen LogP contribution in [0.15, 0.2) is 22.8 Å². The van der Waals surface area contributed by atoms with Crippen molar-refractivity contribution in [3.63, 3.8) is 0 Å². The third kappa shape index (κ3) is 4.61. The Balaban J connectivity index is 1.50. The lowest BCUT2D eigenvalue weighted by Gasteiger charge is -2.55. The topological polar surface area (TPSA) is 9.23 Å². The van der Waals surface area contributed by atoms with Crippen LogP contribution in [0.5, 0.6) is 0 Å². The zero-order valence-electron chi connectivity index (χ0n) is 22.7. The predicted octanol–water partition coefficient (Wildman–Crippen LogP) is 9.31. The molecule has 2 saturated carbocycles. The van der Waals surface area contributed by atoms with Crippen LogP contribution in [0.4, 0.5) is 0 Å². The average molecular weight is 457 g/mol. The Morgan fingerprint density at radius 1 is 1.06 bits per heavy atom. The molecule has 1 nitrogen and oxygen atoms in total. The fourth-order valence-corrected chi connectivity index (χ4v) is 10.1. The molecule has 32 heavy (non-hydrogen) atoms. The van der Waals surface area contributed by atoms with Gasteiger partial charge in [-0.25, -0.2) is 0 Å². The third-order valence-corrected chi connectivity index (χ3v) is 11.4. The molecule has 0 spiro atoms. The Morgan fingerprint density at radius 2 is 1.81 bits per heavy atom. The van der Waals surface area contributed by atoms with Crippen molar-refractivity contribution in [2.75, 3.05) is 0 Å². The van der Waals surface area contributed by atoms with Crippen molar-refractivity contribution >= 4 is 8.32 Å². The van der Waals surface area contributed by atoms with Gasteiger partial charge in [0.1, 0.15) is 0 Å². The number of fused-ring (bicyclic) bond motifs is 4. The normalized spacial score (nSPS) is 40.4. The van der Waals surface area contributed by atoms with Gasteiger partial charge in [0.25, 0.3) is 0 Å². The SMILES string of the molecule is CC(C)=CCC[C@@H](C)[C@H]1CC[C@H]2C3=C(CC[C@]12C)[C@@]1(C)CC[C@H](O[Si](C)(C)C)C[C@@H]1CC3. The summed E-state index contributed by atoms with van der Waals surface area (Å²) in [6.07, 6.45) is 18.2. The van der Waals surface area contributed by atoms with E-state index in [0.717, 1.165) is 23.7 Å². The van der Waals surface area contributed by atoms with E-state index in [4.69, 9.17) is 4.43 Å². The summed E-state index contributed by atoms with van der Waals surface area (Å²) in [7, 11) is -1.44. The van der Waals surface area contributed by atoms with E-state index in [1.807, 2.05) is 11.1 Å². The van der Waals surface area contributed by atoms with Crippen LogP contribution in [0.25, 0.3) is 0 Å². The van der Waals surface area contributed by atoms with Gasteiger partial charge < -0.3 is 4.43 Å². The minimum Gasteiger partial charge on any atom is -0.415 e. The summed E-state index contributed by atoms with van der Waals surface area (Å²) in [5.41, 5.74) is 6.42. The van der Waals surface area contributed by atoms with Gasteiger partial charge in [0.2, 0.25) is 0 Å². The largest absolute Gasteiger partial charge is 0.415 e. The molecule has 0 aromatic carbocycles. The highest BCUT2D eigenvalue weighted by molar-refractivity contribution is 6.69. The molecule has 4 rings (SSSR count). The summed E-state index contributed by atoms with van der Waals surface area (Å²) in [5.74, 6) is 3.54. The van der Waals surface area contributed by atoms with Crippen LogP contribution < -0.4 is 0 Å². The third-order valence-electron chi connectivity index (χ3n) is 10.4. The fraction of sp³-hybridized carbons (Fsp3) is 0.867. The summed E-state index contributed by atoms with van der Waals surface area (Å²) in [6, 6.07) is 0. The first-order valence-electron chi connectivity index (χ1n) is 14.0. The van der Waals surface area contributed by atoms with Crippen LogP contribution in [-0.4, -0.2) is 14.4 Å². The van der Waals surface area contributed by atoms with E-state index >= 15 is 0 Å². The molecule has 0 radical (unpaired) electrons. The lowest BCUT2D eigenvalue weighted by molar-refractivity contribution is 0.0208. The van der Waals surface area contributed by atoms with E-state index in [2.05, 4.69) is 60.3 Å². The molecule has 0 amide bonds. The quantitative estimate of drug-likeness (QED) is 0.286. The Labute approximate surface area is 201 Å². The van der Waals surface area contributed by atoms with Crippen LogP contribution in [0, 0.1) is 34.5 Å². The van der Waals surface area contributed by atoms with Crippen molar-refractivity contribution in [1.82, 2.24) is 0 Å². The van der Waals surface area contributed by atoms with Crippen LogP contribution in [0.2, 0.25) is 19.6 Å².